The summed E-state index contributed by atoms with van der Waals surface area (Å²) in [5.74, 6) is 0.700. The summed E-state index contributed by atoms with van der Waals surface area (Å²) < 4.78 is 11.8. The molecule has 2 aromatic carbocycles. The lowest BCUT2D eigenvalue weighted by Crippen LogP contribution is -2.36. The summed E-state index contributed by atoms with van der Waals surface area (Å²) in [7, 11) is 0. The Morgan fingerprint density at radius 3 is 2.55 bits per heavy atom. The van der Waals surface area contributed by atoms with Crippen LogP contribution >= 0.6 is 0 Å². The monoisotopic (exact) mass is 420 g/mol. The maximum Gasteiger partial charge on any atom is 0.298 e. The molecule has 5 nitrogen and oxygen atoms in total. The first kappa shape index (κ1) is 22.6. The largest absolute Gasteiger partial charge is 0.480 e. The predicted octanol–water partition coefficient (Wildman–Crippen LogP) is 5.98. The Hall–Kier alpha value is -3.08. The van der Waals surface area contributed by atoms with E-state index < -0.39 is 5.60 Å². The molecule has 3 aromatic rings. The number of ketones is 1. The van der Waals surface area contributed by atoms with Gasteiger partial charge >= 0.3 is 0 Å². The molecule has 0 saturated heterocycles. The van der Waals surface area contributed by atoms with Crippen molar-refractivity contribution in [3.05, 3.63) is 66.7 Å². The molecule has 0 aliphatic heterocycles. The molecule has 0 atom stereocenters. The minimum absolute atomic E-state index is 0.00186. The fraction of sp³-hybridized carbons (Fsp3) is 0.385. The molecule has 0 spiro atoms. The van der Waals surface area contributed by atoms with Gasteiger partial charge < -0.3 is 14.1 Å². The van der Waals surface area contributed by atoms with Crippen molar-refractivity contribution in [2.75, 3.05) is 18.0 Å². The van der Waals surface area contributed by atoms with Crippen LogP contribution in [0.3, 0.4) is 0 Å². The number of hydrogen-bond donors (Lipinski definition) is 0. The number of carbonyl (C=O) groups excluding carboxylic acids is 1. The number of nitrogens with zero attached hydrogens (tertiary/aromatic N) is 2. The third kappa shape index (κ3) is 6.20. The lowest BCUT2D eigenvalue weighted by atomic mass is 10.1. The number of rotatable bonds is 12. The van der Waals surface area contributed by atoms with E-state index in [0.717, 1.165) is 49.9 Å². The average Bonchev–Trinajstić information content (AvgIpc) is 3.18. The molecule has 1 heterocycles. The van der Waals surface area contributed by atoms with E-state index in [9.17, 15) is 4.79 Å². The Bertz CT molecular complexity index is 972. The number of fused-ring (bicyclic) bond motifs is 1. The van der Waals surface area contributed by atoms with Crippen LogP contribution in [-0.4, -0.2) is 29.5 Å². The molecule has 0 amide bonds. The lowest BCUT2D eigenvalue weighted by molar-refractivity contribution is -0.129. The molecule has 0 unspecified atom stereocenters. The maximum absolute atomic E-state index is 11.7. The first-order valence-electron chi connectivity index (χ1n) is 10.9. The molecule has 31 heavy (non-hydrogen) atoms. The summed E-state index contributed by atoms with van der Waals surface area (Å²) >= 11 is 0. The molecule has 0 fully saturated rings. The topological polar surface area (TPSA) is 55.6 Å². The van der Waals surface area contributed by atoms with Crippen molar-refractivity contribution in [2.45, 2.75) is 52.1 Å². The van der Waals surface area contributed by atoms with Gasteiger partial charge in [-0.3, -0.25) is 4.79 Å². The molecule has 3 rings (SSSR count). The first-order chi connectivity index (χ1) is 14.9. The fourth-order valence-corrected chi connectivity index (χ4v) is 3.24. The van der Waals surface area contributed by atoms with E-state index in [-0.39, 0.29) is 5.78 Å². The minimum Gasteiger partial charge on any atom is -0.480 e. The Morgan fingerprint density at radius 1 is 1.13 bits per heavy atom. The zero-order chi connectivity index (χ0) is 22.3. The lowest BCUT2D eigenvalue weighted by Gasteiger charge is -2.23. The highest BCUT2D eigenvalue weighted by atomic mass is 16.5. The third-order valence-corrected chi connectivity index (χ3v) is 5.45. The number of aromatic nitrogens is 1. The summed E-state index contributed by atoms with van der Waals surface area (Å²) in [5, 5.41) is 0. The number of Topliss-reactive ketones (excluding diaryl/α,β-unsaturated/α-hetero) is 1. The first-order valence-corrected chi connectivity index (χ1v) is 10.9. The van der Waals surface area contributed by atoms with E-state index in [1.165, 1.54) is 5.56 Å². The molecular formula is C26H32N2O3. The standard InChI is InChI=1S/C26H32N2O3/c1-5-6-7-10-18-28(25-27-23-11-8-9-12-24(23)30-25)19-17-21-13-15-22(16-14-21)31-26(3,4)20(2)29/h5,8-9,11-16H,1,6-7,10,17-19H2,2-4H3. The zero-order valence-electron chi connectivity index (χ0n) is 18.8. The SMILES string of the molecule is C=CCCCCN(CCc1ccc(OC(C)(C)C(C)=O)cc1)c1nc2ccccc2o1. The van der Waals surface area contributed by atoms with Crippen LogP contribution in [0.25, 0.3) is 11.1 Å². The van der Waals surface area contributed by atoms with Gasteiger partial charge in [0.1, 0.15) is 11.3 Å². The summed E-state index contributed by atoms with van der Waals surface area (Å²) in [4.78, 5) is 18.6. The van der Waals surface area contributed by atoms with Crippen molar-refractivity contribution in [2.24, 2.45) is 0 Å². The smallest absolute Gasteiger partial charge is 0.298 e. The molecule has 0 saturated carbocycles. The number of oxazole rings is 1. The van der Waals surface area contributed by atoms with Crippen LogP contribution < -0.4 is 9.64 Å². The number of anilines is 1. The molecular weight excluding hydrogens is 388 g/mol. The summed E-state index contributed by atoms with van der Waals surface area (Å²) in [6.45, 7) is 10.6. The Balaban J connectivity index is 1.66. The highest BCUT2D eigenvalue weighted by Crippen LogP contribution is 2.23. The average molecular weight is 421 g/mol. The molecule has 1 aromatic heterocycles. The van der Waals surface area contributed by atoms with Gasteiger partial charge in [-0.25, -0.2) is 0 Å². The van der Waals surface area contributed by atoms with Crippen LogP contribution in [-0.2, 0) is 11.2 Å². The minimum atomic E-state index is -0.823. The summed E-state index contributed by atoms with van der Waals surface area (Å²) in [5.41, 5.74) is 2.06. The Kier molecular flexibility index (Phi) is 7.50. The maximum atomic E-state index is 11.7. The van der Waals surface area contributed by atoms with Gasteiger partial charge in [-0.2, -0.15) is 4.98 Å². The van der Waals surface area contributed by atoms with Crippen LogP contribution in [0.1, 0.15) is 45.6 Å². The highest BCUT2D eigenvalue weighted by Gasteiger charge is 2.25. The van der Waals surface area contributed by atoms with E-state index in [2.05, 4.69) is 16.5 Å². The van der Waals surface area contributed by atoms with Crippen molar-refractivity contribution in [1.29, 1.82) is 0 Å². The highest BCUT2D eigenvalue weighted by molar-refractivity contribution is 5.84. The van der Waals surface area contributed by atoms with Gasteiger partial charge in [0.05, 0.1) is 0 Å². The van der Waals surface area contributed by atoms with Crippen LogP contribution in [0.4, 0.5) is 6.01 Å². The van der Waals surface area contributed by atoms with Gasteiger partial charge in [0.2, 0.25) is 0 Å². The number of carbonyl (C=O) groups is 1. The van der Waals surface area contributed by atoms with E-state index in [1.807, 2.05) is 54.6 Å². The number of hydrogen-bond acceptors (Lipinski definition) is 5. The molecule has 0 bridgehead atoms. The summed E-state index contributed by atoms with van der Waals surface area (Å²) in [6, 6.07) is 16.5. The molecule has 164 valence electrons. The zero-order valence-corrected chi connectivity index (χ0v) is 18.8. The molecule has 0 aliphatic rings. The van der Waals surface area contributed by atoms with E-state index >= 15 is 0 Å². The van der Waals surface area contributed by atoms with Crippen LogP contribution in [0, 0.1) is 0 Å². The van der Waals surface area contributed by atoms with Gasteiger partial charge in [0.15, 0.2) is 17.0 Å². The van der Waals surface area contributed by atoms with E-state index in [4.69, 9.17) is 9.15 Å². The van der Waals surface area contributed by atoms with Crippen molar-refractivity contribution >= 4 is 22.9 Å². The number of allylic oxidation sites excluding steroid dienone is 1. The van der Waals surface area contributed by atoms with E-state index in [1.54, 1.807) is 20.8 Å². The van der Waals surface area contributed by atoms with Gasteiger partial charge in [0.25, 0.3) is 6.01 Å². The fourth-order valence-electron chi connectivity index (χ4n) is 3.24. The van der Waals surface area contributed by atoms with E-state index in [0.29, 0.717) is 11.8 Å². The number of para-hydroxylation sites is 2. The second-order valence-corrected chi connectivity index (χ2v) is 8.30. The Morgan fingerprint density at radius 2 is 1.87 bits per heavy atom. The number of ether oxygens (including phenoxy) is 1. The molecule has 5 heteroatoms. The third-order valence-electron chi connectivity index (χ3n) is 5.45. The van der Waals surface area contributed by atoms with Gasteiger partial charge in [-0.05, 0) is 76.3 Å². The van der Waals surface area contributed by atoms with Crippen LogP contribution in [0.5, 0.6) is 5.75 Å². The van der Waals surface area contributed by atoms with Gasteiger partial charge in [-0.1, -0.05) is 30.3 Å². The quantitative estimate of drug-likeness (QED) is 0.266. The van der Waals surface area contributed by atoms with Crippen LogP contribution in [0.15, 0.2) is 65.6 Å². The van der Waals surface area contributed by atoms with Gasteiger partial charge in [-0.15, -0.1) is 6.58 Å². The molecule has 0 radical (unpaired) electrons. The van der Waals surface area contributed by atoms with Crippen molar-refractivity contribution in [3.8, 4) is 5.75 Å². The van der Waals surface area contributed by atoms with Crippen molar-refractivity contribution in [3.63, 3.8) is 0 Å². The normalized spacial score (nSPS) is 11.5. The number of unbranched alkanes of at least 4 members (excludes halogenated alkanes) is 2. The Labute approximate surface area is 184 Å². The van der Waals surface area contributed by atoms with Crippen molar-refractivity contribution < 1.29 is 13.9 Å². The van der Waals surface area contributed by atoms with Gasteiger partial charge in [0, 0.05) is 13.1 Å². The molecule has 0 N–H and O–H groups in total. The number of benzene rings is 2. The van der Waals surface area contributed by atoms with Crippen molar-refractivity contribution in [1.82, 2.24) is 4.98 Å². The second-order valence-electron chi connectivity index (χ2n) is 8.30. The summed E-state index contributed by atoms with van der Waals surface area (Å²) in [6.07, 6.45) is 5.98. The molecule has 0 aliphatic carbocycles. The second kappa shape index (κ2) is 10.3. The van der Waals surface area contributed by atoms with Crippen LogP contribution in [0.2, 0.25) is 0 Å². The predicted molar refractivity (Wildman–Crippen MR) is 126 cm³/mol.